The molecule has 0 unspecified atom stereocenters. The highest BCUT2D eigenvalue weighted by Gasteiger charge is 2.26. The highest BCUT2D eigenvalue weighted by atomic mass is 32.2. The number of aromatic nitrogens is 5. The molecule has 3 aromatic heterocycles. The van der Waals surface area contributed by atoms with Crippen molar-refractivity contribution in [1.29, 1.82) is 0 Å². The van der Waals surface area contributed by atoms with Crippen LogP contribution in [0.25, 0.3) is 5.65 Å². The summed E-state index contributed by atoms with van der Waals surface area (Å²) in [6.45, 7) is 2.09. The molecule has 0 radical (unpaired) electrons. The minimum Gasteiger partial charge on any atom is -0.307 e. The third-order valence-electron chi connectivity index (χ3n) is 3.56. The lowest BCUT2D eigenvalue weighted by Crippen LogP contribution is -1.94. The number of rotatable bonds is 4. The van der Waals surface area contributed by atoms with Gasteiger partial charge < -0.3 is 8.97 Å². The number of nitrogens with zero attached hydrogens (tertiary/aromatic N) is 5. The molecule has 3 heterocycles. The monoisotopic (exact) mass is 285 g/mol. The first kappa shape index (κ1) is 12.0. The standard InChI is InChI=1S/C14H15N5S/c1-10-3-2-6-18-7-11(16-13(10)18)8-20-14-17-15-9-19(14)12-4-5-12/h2-3,6-7,9,12H,4-5,8H2,1H3. The second kappa shape index (κ2) is 4.63. The Kier molecular flexibility index (Phi) is 2.77. The lowest BCUT2D eigenvalue weighted by atomic mass is 10.3. The zero-order valence-electron chi connectivity index (χ0n) is 11.2. The molecule has 1 aliphatic carbocycles. The normalized spacial score (nSPS) is 15.1. The first-order valence-corrected chi connectivity index (χ1v) is 7.75. The maximum atomic E-state index is 4.69. The molecule has 0 saturated heterocycles. The largest absolute Gasteiger partial charge is 0.307 e. The van der Waals surface area contributed by atoms with Gasteiger partial charge in [-0.2, -0.15) is 0 Å². The molecule has 0 N–H and O–H groups in total. The fourth-order valence-electron chi connectivity index (χ4n) is 2.35. The molecule has 1 saturated carbocycles. The summed E-state index contributed by atoms with van der Waals surface area (Å²) in [6.07, 6.45) is 8.47. The summed E-state index contributed by atoms with van der Waals surface area (Å²) in [5.41, 5.74) is 3.31. The van der Waals surface area contributed by atoms with Gasteiger partial charge in [-0.15, -0.1) is 10.2 Å². The minimum atomic E-state index is 0.621. The zero-order valence-corrected chi connectivity index (χ0v) is 12.0. The smallest absolute Gasteiger partial charge is 0.191 e. The number of thioether (sulfide) groups is 1. The molecule has 1 aliphatic rings. The number of hydrogen-bond donors (Lipinski definition) is 0. The van der Waals surface area contributed by atoms with Crippen LogP contribution in [0.1, 0.15) is 30.1 Å². The molecule has 1 fully saturated rings. The van der Waals surface area contributed by atoms with Crippen molar-refractivity contribution in [2.45, 2.75) is 36.7 Å². The summed E-state index contributed by atoms with van der Waals surface area (Å²) in [4.78, 5) is 4.69. The van der Waals surface area contributed by atoms with Crippen LogP contribution in [0.15, 0.2) is 36.0 Å². The van der Waals surface area contributed by atoms with Crippen molar-refractivity contribution in [1.82, 2.24) is 24.1 Å². The number of hydrogen-bond acceptors (Lipinski definition) is 4. The van der Waals surface area contributed by atoms with Gasteiger partial charge in [-0.1, -0.05) is 17.8 Å². The van der Waals surface area contributed by atoms with Gasteiger partial charge >= 0.3 is 0 Å². The SMILES string of the molecule is Cc1cccn2cc(CSc3nncn3C3CC3)nc12. The number of fused-ring (bicyclic) bond motifs is 1. The predicted octanol–water partition coefficient (Wildman–Crippen LogP) is 2.86. The highest BCUT2D eigenvalue weighted by Crippen LogP contribution is 2.37. The first-order chi connectivity index (χ1) is 9.81. The summed E-state index contributed by atoms with van der Waals surface area (Å²) < 4.78 is 4.27. The Labute approximate surface area is 121 Å². The van der Waals surface area contributed by atoms with Crippen LogP contribution < -0.4 is 0 Å². The molecule has 20 heavy (non-hydrogen) atoms. The summed E-state index contributed by atoms with van der Waals surface area (Å²) in [7, 11) is 0. The fourth-order valence-corrected chi connectivity index (χ4v) is 3.22. The lowest BCUT2D eigenvalue weighted by Gasteiger charge is -2.02. The van der Waals surface area contributed by atoms with E-state index in [0.29, 0.717) is 6.04 Å². The van der Waals surface area contributed by atoms with E-state index in [1.807, 2.05) is 18.6 Å². The average molecular weight is 285 g/mol. The third kappa shape index (κ3) is 2.10. The average Bonchev–Trinajstić information content (AvgIpc) is 3.02. The van der Waals surface area contributed by atoms with Crippen LogP contribution in [0.2, 0.25) is 0 Å². The molecule has 0 spiro atoms. The van der Waals surface area contributed by atoms with Gasteiger partial charge in [0.15, 0.2) is 5.16 Å². The van der Waals surface area contributed by atoms with Gasteiger partial charge in [-0.3, -0.25) is 0 Å². The Morgan fingerprint density at radius 3 is 3.10 bits per heavy atom. The first-order valence-electron chi connectivity index (χ1n) is 6.77. The molecule has 0 aliphatic heterocycles. The molecular formula is C14H15N5S. The number of pyridine rings is 1. The van der Waals surface area contributed by atoms with Gasteiger partial charge in [0, 0.05) is 24.2 Å². The van der Waals surface area contributed by atoms with Gasteiger partial charge in [0.25, 0.3) is 0 Å². The van der Waals surface area contributed by atoms with E-state index in [1.54, 1.807) is 11.8 Å². The Bertz CT molecular complexity index is 756. The molecule has 0 bridgehead atoms. The van der Waals surface area contributed by atoms with Crippen molar-refractivity contribution in [3.8, 4) is 0 Å². The zero-order chi connectivity index (χ0) is 13.5. The van der Waals surface area contributed by atoms with Crippen molar-refractivity contribution in [2.24, 2.45) is 0 Å². The minimum absolute atomic E-state index is 0.621. The molecule has 4 rings (SSSR count). The summed E-state index contributed by atoms with van der Waals surface area (Å²) >= 11 is 1.71. The van der Waals surface area contributed by atoms with Crippen molar-refractivity contribution in [2.75, 3.05) is 0 Å². The number of imidazole rings is 1. The molecule has 3 aromatic rings. The Balaban J connectivity index is 1.55. The van der Waals surface area contributed by atoms with Crippen molar-refractivity contribution in [3.05, 3.63) is 42.1 Å². The quantitative estimate of drug-likeness (QED) is 0.692. The van der Waals surface area contributed by atoms with Crippen LogP contribution in [0.5, 0.6) is 0 Å². The van der Waals surface area contributed by atoms with E-state index in [-0.39, 0.29) is 0 Å². The number of aryl methyl sites for hydroxylation is 1. The third-order valence-corrected chi connectivity index (χ3v) is 4.55. The van der Waals surface area contributed by atoms with Gasteiger partial charge in [0.1, 0.15) is 12.0 Å². The second-order valence-corrected chi connectivity index (χ2v) is 6.14. The predicted molar refractivity (Wildman–Crippen MR) is 77.8 cm³/mol. The van der Waals surface area contributed by atoms with Crippen LogP contribution in [0.3, 0.4) is 0 Å². The molecule has 0 amide bonds. The van der Waals surface area contributed by atoms with Crippen LogP contribution in [-0.4, -0.2) is 24.1 Å². The van der Waals surface area contributed by atoms with Crippen molar-refractivity contribution >= 4 is 17.4 Å². The van der Waals surface area contributed by atoms with E-state index in [2.05, 4.69) is 43.3 Å². The highest BCUT2D eigenvalue weighted by molar-refractivity contribution is 7.98. The van der Waals surface area contributed by atoms with Crippen LogP contribution in [0, 0.1) is 6.92 Å². The van der Waals surface area contributed by atoms with Crippen molar-refractivity contribution < 1.29 is 0 Å². The maximum absolute atomic E-state index is 4.69. The molecule has 0 aromatic carbocycles. The van der Waals surface area contributed by atoms with E-state index in [9.17, 15) is 0 Å². The molecule has 6 heteroatoms. The Hall–Kier alpha value is -1.82. The summed E-state index contributed by atoms with van der Waals surface area (Å²) in [5.74, 6) is 0.826. The Morgan fingerprint density at radius 2 is 2.30 bits per heavy atom. The van der Waals surface area contributed by atoms with Gasteiger partial charge in [0.05, 0.1) is 5.69 Å². The second-order valence-electron chi connectivity index (χ2n) is 5.19. The van der Waals surface area contributed by atoms with E-state index in [1.165, 1.54) is 18.4 Å². The lowest BCUT2D eigenvalue weighted by molar-refractivity contribution is 0.663. The maximum Gasteiger partial charge on any atom is 0.191 e. The molecular weight excluding hydrogens is 270 g/mol. The summed E-state index contributed by atoms with van der Waals surface area (Å²) in [5, 5.41) is 9.23. The molecule has 102 valence electrons. The van der Waals surface area contributed by atoms with Gasteiger partial charge in [0.2, 0.25) is 0 Å². The van der Waals surface area contributed by atoms with Gasteiger partial charge in [-0.25, -0.2) is 4.98 Å². The van der Waals surface area contributed by atoms with E-state index in [4.69, 9.17) is 0 Å². The van der Waals surface area contributed by atoms with Crippen LogP contribution in [0.4, 0.5) is 0 Å². The van der Waals surface area contributed by atoms with Crippen LogP contribution in [-0.2, 0) is 5.75 Å². The van der Waals surface area contributed by atoms with E-state index < -0.39 is 0 Å². The van der Waals surface area contributed by atoms with Crippen molar-refractivity contribution in [3.63, 3.8) is 0 Å². The van der Waals surface area contributed by atoms with Gasteiger partial charge in [-0.05, 0) is 31.4 Å². The van der Waals surface area contributed by atoms with E-state index in [0.717, 1.165) is 22.3 Å². The molecule has 0 atom stereocenters. The Morgan fingerprint density at radius 1 is 1.40 bits per heavy atom. The topological polar surface area (TPSA) is 48.0 Å². The fraction of sp³-hybridized carbons (Fsp3) is 0.357. The molecule has 5 nitrogen and oxygen atoms in total. The summed E-state index contributed by atoms with van der Waals surface area (Å²) in [6, 6.07) is 4.75. The van der Waals surface area contributed by atoms with E-state index >= 15 is 0 Å². The van der Waals surface area contributed by atoms with Crippen LogP contribution >= 0.6 is 11.8 Å².